The molecule has 0 saturated heterocycles. The second-order valence-electron chi connectivity index (χ2n) is 3.60. The molecule has 0 amide bonds. The smallest absolute Gasteiger partial charge is 0.236 e. The first-order valence-electron chi connectivity index (χ1n) is 4.60. The Morgan fingerprint density at radius 3 is 1.22 bits per heavy atom. The van der Waals surface area contributed by atoms with E-state index < -0.39 is 36.5 Å². The second-order valence-corrected chi connectivity index (χ2v) is 3.60. The van der Waals surface area contributed by atoms with E-state index in [1.54, 1.807) is 0 Å². The number of allylic oxidation sites excluding steroid dienone is 2. The van der Waals surface area contributed by atoms with Crippen molar-refractivity contribution in [2.24, 2.45) is 0 Å². The number of rotatable bonds is 6. The van der Waals surface area contributed by atoms with Crippen LogP contribution in [0.25, 0.3) is 0 Å². The average Bonchev–Trinajstić information content (AvgIpc) is 2.16. The molecule has 0 heterocycles. The van der Waals surface area contributed by atoms with Crippen LogP contribution in [-0.4, -0.2) is 23.7 Å². The minimum absolute atomic E-state index is 0.504. The van der Waals surface area contributed by atoms with Gasteiger partial charge in [-0.05, 0) is 0 Å². The Bertz CT molecular complexity index is 304. The van der Waals surface area contributed by atoms with Crippen LogP contribution in [0.4, 0.5) is 35.1 Å². The first-order chi connectivity index (χ1) is 7.87. The molecule has 0 saturated carbocycles. The maximum atomic E-state index is 13.7. The molecule has 0 bridgehead atoms. The molecule has 0 rings (SSSR count). The van der Waals surface area contributed by atoms with Crippen LogP contribution in [0.5, 0.6) is 0 Å². The highest BCUT2D eigenvalue weighted by atomic mass is 19.4. The molecule has 0 aliphatic heterocycles. The van der Waals surface area contributed by atoms with Crippen molar-refractivity contribution in [1.29, 1.82) is 0 Å². The van der Waals surface area contributed by atoms with Crippen molar-refractivity contribution in [3.8, 4) is 0 Å². The summed E-state index contributed by atoms with van der Waals surface area (Å²) in [6, 6.07) is 0. The Labute approximate surface area is 98.0 Å². The first-order valence-corrected chi connectivity index (χ1v) is 4.60. The van der Waals surface area contributed by atoms with E-state index in [4.69, 9.17) is 0 Å². The summed E-state index contributed by atoms with van der Waals surface area (Å²) >= 11 is 0. The van der Waals surface area contributed by atoms with E-state index in [0.717, 1.165) is 0 Å². The Morgan fingerprint density at radius 2 is 1.00 bits per heavy atom. The van der Waals surface area contributed by atoms with Gasteiger partial charge in [-0.2, -0.15) is 30.7 Å². The van der Waals surface area contributed by atoms with Gasteiger partial charge in [0.1, 0.15) is 0 Å². The second kappa shape index (κ2) is 4.89. The van der Waals surface area contributed by atoms with E-state index in [1.165, 1.54) is 0 Å². The predicted octanol–water partition coefficient (Wildman–Crippen LogP) is 4.68. The minimum Gasteiger partial charge on any atom is -0.236 e. The SMILES string of the molecule is C=CCC(F)(CC=C)C(F)(F)C(F)(F)C(F)(F)F. The van der Waals surface area contributed by atoms with Crippen molar-refractivity contribution in [2.75, 3.05) is 0 Å². The van der Waals surface area contributed by atoms with Crippen LogP contribution in [0.1, 0.15) is 12.8 Å². The average molecular weight is 282 g/mol. The summed E-state index contributed by atoms with van der Waals surface area (Å²) in [6.07, 6.45) is -8.28. The molecule has 0 radical (unpaired) electrons. The summed E-state index contributed by atoms with van der Waals surface area (Å²) in [6.45, 7) is 5.70. The Balaban J connectivity index is 5.69. The molecule has 0 aromatic rings. The van der Waals surface area contributed by atoms with Crippen LogP contribution in [0.15, 0.2) is 25.3 Å². The highest BCUT2D eigenvalue weighted by Gasteiger charge is 2.79. The molecule has 0 N–H and O–H groups in total. The molecule has 8 heteroatoms. The van der Waals surface area contributed by atoms with Gasteiger partial charge in [-0.15, -0.1) is 13.2 Å². The molecule has 0 aliphatic carbocycles. The van der Waals surface area contributed by atoms with Crippen molar-refractivity contribution < 1.29 is 35.1 Å². The molecule has 0 nitrogen and oxygen atoms in total. The van der Waals surface area contributed by atoms with Gasteiger partial charge < -0.3 is 0 Å². The van der Waals surface area contributed by atoms with Gasteiger partial charge in [0.2, 0.25) is 0 Å². The topological polar surface area (TPSA) is 0 Å². The molecule has 0 unspecified atom stereocenters. The standard InChI is InChI=1S/C10H10F8/c1-3-5-7(11,6-4-2)8(12,13)9(14,15)10(16,17)18/h3-4H,1-2,5-6H2. The molecule has 0 fully saturated rings. The van der Waals surface area contributed by atoms with E-state index in [0.29, 0.717) is 12.2 Å². The van der Waals surface area contributed by atoms with Crippen LogP contribution >= 0.6 is 0 Å². The fourth-order valence-corrected chi connectivity index (χ4v) is 1.26. The lowest BCUT2D eigenvalue weighted by atomic mass is 9.86. The van der Waals surface area contributed by atoms with E-state index in [9.17, 15) is 35.1 Å². The van der Waals surface area contributed by atoms with E-state index in [2.05, 4.69) is 13.2 Å². The minimum atomic E-state index is -6.56. The fraction of sp³-hybridized carbons (Fsp3) is 0.600. The molecular formula is C10H10F8. The zero-order valence-electron chi connectivity index (χ0n) is 9.01. The summed E-state index contributed by atoms with van der Waals surface area (Å²) in [5.41, 5.74) is -4.10. The molecule has 0 aromatic carbocycles. The number of hydrogen-bond acceptors (Lipinski definition) is 0. The highest BCUT2D eigenvalue weighted by Crippen LogP contribution is 2.54. The summed E-state index contributed by atoms with van der Waals surface area (Å²) in [4.78, 5) is 0. The largest absolute Gasteiger partial charge is 0.460 e. The van der Waals surface area contributed by atoms with Gasteiger partial charge in [0.15, 0.2) is 5.67 Å². The van der Waals surface area contributed by atoms with Gasteiger partial charge in [0.05, 0.1) is 0 Å². The summed E-state index contributed by atoms with van der Waals surface area (Å²) in [5.74, 6) is -12.4. The molecule has 18 heavy (non-hydrogen) atoms. The van der Waals surface area contributed by atoms with Crippen molar-refractivity contribution >= 4 is 0 Å². The van der Waals surface area contributed by atoms with Crippen LogP contribution in [0, 0.1) is 0 Å². The van der Waals surface area contributed by atoms with Gasteiger partial charge in [0, 0.05) is 12.8 Å². The predicted molar refractivity (Wildman–Crippen MR) is 49.4 cm³/mol. The van der Waals surface area contributed by atoms with E-state index >= 15 is 0 Å². The van der Waals surface area contributed by atoms with Gasteiger partial charge in [-0.3, -0.25) is 0 Å². The molecular weight excluding hydrogens is 272 g/mol. The normalized spacial score (nSPS) is 14.4. The lowest BCUT2D eigenvalue weighted by Gasteiger charge is -2.37. The third-order valence-corrected chi connectivity index (χ3v) is 2.25. The summed E-state index contributed by atoms with van der Waals surface area (Å²) in [5, 5.41) is 0. The van der Waals surface area contributed by atoms with Gasteiger partial charge in [0.25, 0.3) is 0 Å². The first kappa shape index (κ1) is 16.9. The lowest BCUT2D eigenvalue weighted by molar-refractivity contribution is -0.379. The molecule has 0 spiro atoms. The van der Waals surface area contributed by atoms with Crippen LogP contribution in [0.3, 0.4) is 0 Å². The van der Waals surface area contributed by atoms with E-state index in [1.807, 2.05) is 0 Å². The zero-order chi connectivity index (χ0) is 14.8. The Kier molecular flexibility index (Phi) is 4.60. The summed E-state index contributed by atoms with van der Waals surface area (Å²) < 4.78 is 101. The fourth-order valence-electron chi connectivity index (χ4n) is 1.26. The lowest BCUT2D eigenvalue weighted by Crippen LogP contribution is -2.62. The van der Waals surface area contributed by atoms with Crippen molar-refractivity contribution in [3.63, 3.8) is 0 Å². The maximum absolute atomic E-state index is 13.7. The summed E-state index contributed by atoms with van der Waals surface area (Å²) in [7, 11) is 0. The Morgan fingerprint density at radius 1 is 0.667 bits per heavy atom. The van der Waals surface area contributed by atoms with Crippen LogP contribution in [0.2, 0.25) is 0 Å². The van der Waals surface area contributed by atoms with Crippen molar-refractivity contribution in [1.82, 2.24) is 0 Å². The van der Waals surface area contributed by atoms with Crippen LogP contribution in [-0.2, 0) is 0 Å². The van der Waals surface area contributed by atoms with Crippen molar-refractivity contribution in [2.45, 2.75) is 36.5 Å². The third-order valence-electron chi connectivity index (χ3n) is 2.25. The monoisotopic (exact) mass is 282 g/mol. The van der Waals surface area contributed by atoms with Gasteiger partial charge in [-0.25, -0.2) is 4.39 Å². The van der Waals surface area contributed by atoms with Crippen LogP contribution < -0.4 is 0 Å². The molecule has 0 aliphatic rings. The third kappa shape index (κ3) is 2.51. The number of hydrogen-bond donors (Lipinski definition) is 0. The Hall–Kier alpha value is -1.08. The van der Waals surface area contributed by atoms with Gasteiger partial charge >= 0.3 is 18.0 Å². The highest BCUT2D eigenvalue weighted by molar-refractivity contribution is 5.09. The quantitative estimate of drug-likeness (QED) is 0.490. The zero-order valence-corrected chi connectivity index (χ0v) is 9.01. The molecule has 0 atom stereocenters. The van der Waals surface area contributed by atoms with Crippen molar-refractivity contribution in [3.05, 3.63) is 25.3 Å². The van der Waals surface area contributed by atoms with Gasteiger partial charge in [-0.1, -0.05) is 12.2 Å². The molecule has 0 aromatic heterocycles. The maximum Gasteiger partial charge on any atom is 0.460 e. The van der Waals surface area contributed by atoms with E-state index in [-0.39, 0.29) is 0 Å². The number of alkyl halides is 8. The molecule has 106 valence electrons. The number of halogens is 8.